The number of aryl methyl sites for hydroxylation is 2. The topological polar surface area (TPSA) is 50.2 Å². The smallest absolute Gasteiger partial charge is 0.317 e. The van der Waals surface area contributed by atoms with Crippen LogP contribution in [0.5, 0.6) is 0 Å². The summed E-state index contributed by atoms with van der Waals surface area (Å²) >= 11 is 0. The Labute approximate surface area is 143 Å². The zero-order chi connectivity index (χ0) is 16.9. The van der Waals surface area contributed by atoms with Gasteiger partial charge in [0, 0.05) is 38.4 Å². The zero-order valence-corrected chi connectivity index (χ0v) is 14.5. The maximum Gasteiger partial charge on any atom is 0.317 e. The Balaban J connectivity index is 1.50. The van der Waals surface area contributed by atoms with Gasteiger partial charge in [0.05, 0.1) is 6.20 Å². The first kappa shape index (κ1) is 16.6. The molecule has 1 aromatic heterocycles. The number of likely N-dealkylation sites (tertiary alicyclic amines) is 1. The second-order valence-electron chi connectivity index (χ2n) is 6.82. The standard InChI is InChI=1S/C19H26N4O/c1-15-5-7-16(8-6-15)10-17-4-3-9-23(14-17)19(24)20-11-18-12-21-22(2)13-18/h5-8,12-13,17H,3-4,9-11,14H2,1-2H3,(H,20,24)/t17-/m1/s1. The number of aromatic nitrogens is 2. The Hall–Kier alpha value is -2.30. The van der Waals surface area contributed by atoms with E-state index in [4.69, 9.17) is 0 Å². The van der Waals surface area contributed by atoms with Gasteiger partial charge in [0.1, 0.15) is 0 Å². The lowest BCUT2D eigenvalue weighted by Gasteiger charge is -2.33. The first-order valence-electron chi connectivity index (χ1n) is 8.66. The highest BCUT2D eigenvalue weighted by molar-refractivity contribution is 5.74. The van der Waals surface area contributed by atoms with Gasteiger partial charge in [-0.2, -0.15) is 5.10 Å². The van der Waals surface area contributed by atoms with Crippen molar-refractivity contribution in [3.63, 3.8) is 0 Å². The highest BCUT2D eigenvalue weighted by Crippen LogP contribution is 2.21. The van der Waals surface area contributed by atoms with Gasteiger partial charge in [-0.05, 0) is 37.7 Å². The Morgan fingerprint density at radius 1 is 1.29 bits per heavy atom. The molecule has 128 valence electrons. The monoisotopic (exact) mass is 326 g/mol. The van der Waals surface area contributed by atoms with Gasteiger partial charge in [0.25, 0.3) is 0 Å². The van der Waals surface area contributed by atoms with Gasteiger partial charge in [-0.3, -0.25) is 4.68 Å². The average Bonchev–Trinajstić information content (AvgIpc) is 3.00. The van der Waals surface area contributed by atoms with E-state index in [1.807, 2.05) is 18.1 Å². The number of hydrogen-bond acceptors (Lipinski definition) is 2. The van der Waals surface area contributed by atoms with Crippen LogP contribution in [-0.4, -0.2) is 33.8 Å². The summed E-state index contributed by atoms with van der Waals surface area (Å²) in [5.41, 5.74) is 3.68. The van der Waals surface area contributed by atoms with Crippen molar-refractivity contribution in [2.45, 2.75) is 32.7 Å². The molecular weight excluding hydrogens is 300 g/mol. The third-order valence-corrected chi connectivity index (χ3v) is 4.65. The van der Waals surface area contributed by atoms with Crippen LogP contribution in [0, 0.1) is 12.8 Å². The maximum absolute atomic E-state index is 12.4. The third kappa shape index (κ3) is 4.37. The predicted molar refractivity (Wildman–Crippen MR) is 94.6 cm³/mol. The van der Waals surface area contributed by atoms with E-state index >= 15 is 0 Å². The summed E-state index contributed by atoms with van der Waals surface area (Å²) in [4.78, 5) is 14.4. The van der Waals surface area contributed by atoms with Crippen LogP contribution in [-0.2, 0) is 20.0 Å². The van der Waals surface area contributed by atoms with E-state index in [9.17, 15) is 4.79 Å². The Morgan fingerprint density at radius 2 is 2.08 bits per heavy atom. The van der Waals surface area contributed by atoms with Crippen molar-refractivity contribution in [3.8, 4) is 0 Å². The van der Waals surface area contributed by atoms with Crippen LogP contribution in [0.25, 0.3) is 0 Å². The molecule has 2 heterocycles. The summed E-state index contributed by atoms with van der Waals surface area (Å²) in [5, 5.41) is 7.13. The number of hydrogen-bond donors (Lipinski definition) is 1. The predicted octanol–water partition coefficient (Wildman–Crippen LogP) is 2.89. The fourth-order valence-electron chi connectivity index (χ4n) is 3.33. The fraction of sp³-hybridized carbons (Fsp3) is 0.474. The van der Waals surface area contributed by atoms with Crippen LogP contribution in [0.3, 0.4) is 0 Å². The number of urea groups is 1. The van der Waals surface area contributed by atoms with Crippen molar-refractivity contribution in [3.05, 3.63) is 53.3 Å². The molecule has 0 saturated carbocycles. The average molecular weight is 326 g/mol. The van der Waals surface area contributed by atoms with Crippen LogP contribution < -0.4 is 5.32 Å². The van der Waals surface area contributed by atoms with E-state index in [-0.39, 0.29) is 6.03 Å². The molecule has 1 saturated heterocycles. The summed E-state index contributed by atoms with van der Waals surface area (Å²) in [5.74, 6) is 0.547. The highest BCUT2D eigenvalue weighted by Gasteiger charge is 2.23. The molecule has 0 unspecified atom stereocenters. The number of piperidine rings is 1. The van der Waals surface area contributed by atoms with E-state index in [1.165, 1.54) is 17.5 Å². The number of carbonyl (C=O) groups is 1. The molecule has 0 spiro atoms. The summed E-state index contributed by atoms with van der Waals surface area (Å²) < 4.78 is 1.75. The second-order valence-corrected chi connectivity index (χ2v) is 6.82. The number of rotatable bonds is 4. The van der Waals surface area contributed by atoms with Crippen molar-refractivity contribution in [2.75, 3.05) is 13.1 Å². The summed E-state index contributed by atoms with van der Waals surface area (Å²) in [6, 6.07) is 8.77. The number of benzene rings is 1. The third-order valence-electron chi connectivity index (χ3n) is 4.65. The minimum absolute atomic E-state index is 0.0347. The minimum Gasteiger partial charge on any atom is -0.334 e. The van der Waals surface area contributed by atoms with Crippen molar-refractivity contribution in [1.29, 1.82) is 0 Å². The van der Waals surface area contributed by atoms with E-state index in [0.29, 0.717) is 12.5 Å². The van der Waals surface area contributed by atoms with Gasteiger partial charge < -0.3 is 10.2 Å². The zero-order valence-electron chi connectivity index (χ0n) is 14.5. The summed E-state index contributed by atoms with van der Waals surface area (Å²) in [6.07, 6.45) is 7.04. The molecule has 0 bridgehead atoms. The van der Waals surface area contributed by atoms with E-state index < -0.39 is 0 Å². The van der Waals surface area contributed by atoms with Crippen molar-refractivity contribution in [1.82, 2.24) is 20.0 Å². The Kier molecular flexibility index (Phi) is 5.18. The quantitative estimate of drug-likeness (QED) is 0.939. The molecule has 24 heavy (non-hydrogen) atoms. The minimum atomic E-state index is 0.0347. The van der Waals surface area contributed by atoms with Gasteiger partial charge in [-0.15, -0.1) is 0 Å². The lowest BCUT2D eigenvalue weighted by atomic mass is 9.91. The lowest BCUT2D eigenvalue weighted by molar-refractivity contribution is 0.165. The summed E-state index contributed by atoms with van der Waals surface area (Å²) in [7, 11) is 1.88. The number of nitrogens with zero attached hydrogens (tertiary/aromatic N) is 3. The van der Waals surface area contributed by atoms with Crippen LogP contribution >= 0.6 is 0 Å². The molecule has 1 N–H and O–H groups in total. The molecule has 1 atom stereocenters. The normalized spacial score (nSPS) is 17.8. The number of amides is 2. The molecule has 1 aromatic carbocycles. The first-order chi connectivity index (χ1) is 11.6. The van der Waals surface area contributed by atoms with Crippen LogP contribution in [0.15, 0.2) is 36.7 Å². The molecule has 0 radical (unpaired) electrons. The van der Waals surface area contributed by atoms with E-state index in [2.05, 4.69) is 41.6 Å². The molecule has 5 nitrogen and oxygen atoms in total. The van der Waals surface area contributed by atoms with Crippen LogP contribution in [0.2, 0.25) is 0 Å². The molecule has 1 fully saturated rings. The molecule has 2 amide bonds. The van der Waals surface area contributed by atoms with Gasteiger partial charge in [0.2, 0.25) is 0 Å². The highest BCUT2D eigenvalue weighted by atomic mass is 16.2. The molecular formula is C19H26N4O. The van der Waals surface area contributed by atoms with Crippen molar-refractivity contribution >= 4 is 6.03 Å². The Bertz CT molecular complexity index is 677. The fourth-order valence-corrected chi connectivity index (χ4v) is 3.33. The maximum atomic E-state index is 12.4. The second kappa shape index (κ2) is 7.51. The number of nitrogens with one attached hydrogen (secondary N) is 1. The van der Waals surface area contributed by atoms with Gasteiger partial charge in [-0.1, -0.05) is 29.8 Å². The lowest BCUT2D eigenvalue weighted by Crippen LogP contribution is -2.45. The van der Waals surface area contributed by atoms with E-state index in [1.54, 1.807) is 10.9 Å². The van der Waals surface area contributed by atoms with E-state index in [0.717, 1.165) is 31.5 Å². The van der Waals surface area contributed by atoms with Crippen LogP contribution in [0.1, 0.15) is 29.5 Å². The summed E-state index contributed by atoms with van der Waals surface area (Å²) in [6.45, 7) is 4.33. The van der Waals surface area contributed by atoms with Gasteiger partial charge in [0.15, 0.2) is 0 Å². The van der Waals surface area contributed by atoms with Crippen molar-refractivity contribution < 1.29 is 4.79 Å². The first-order valence-corrected chi connectivity index (χ1v) is 8.66. The molecule has 0 aliphatic carbocycles. The molecule has 5 heteroatoms. The molecule has 1 aliphatic rings. The van der Waals surface area contributed by atoms with Gasteiger partial charge >= 0.3 is 6.03 Å². The number of carbonyl (C=O) groups excluding carboxylic acids is 1. The Morgan fingerprint density at radius 3 is 2.79 bits per heavy atom. The van der Waals surface area contributed by atoms with Crippen LogP contribution in [0.4, 0.5) is 4.79 Å². The molecule has 3 rings (SSSR count). The molecule has 2 aromatic rings. The van der Waals surface area contributed by atoms with Gasteiger partial charge in [-0.25, -0.2) is 4.79 Å². The SMILES string of the molecule is Cc1ccc(C[C@H]2CCCN(C(=O)NCc3cnn(C)c3)C2)cc1. The largest absolute Gasteiger partial charge is 0.334 e. The molecule has 1 aliphatic heterocycles. The van der Waals surface area contributed by atoms with Crippen molar-refractivity contribution in [2.24, 2.45) is 13.0 Å².